The highest BCUT2D eigenvalue weighted by Gasteiger charge is 2.04. The summed E-state index contributed by atoms with van der Waals surface area (Å²) in [6, 6.07) is 7.86. The fraction of sp³-hybridized carbons (Fsp3) is 0.182. The monoisotopic (exact) mass is 251 g/mol. The zero-order valence-electron chi connectivity index (χ0n) is 7.83. The summed E-state index contributed by atoms with van der Waals surface area (Å²) in [5, 5.41) is 1.05. The number of rotatable bonds is 2. The van der Waals surface area contributed by atoms with Gasteiger partial charge in [0, 0.05) is 16.1 Å². The van der Waals surface area contributed by atoms with Crippen molar-refractivity contribution in [1.82, 2.24) is 4.98 Å². The van der Waals surface area contributed by atoms with E-state index in [1.807, 2.05) is 31.2 Å². The normalized spacial score (nSPS) is 10.4. The van der Waals surface area contributed by atoms with Gasteiger partial charge in [0.2, 0.25) is 0 Å². The Morgan fingerprint density at radius 1 is 1.36 bits per heavy atom. The third-order valence-electron chi connectivity index (χ3n) is 1.98. The van der Waals surface area contributed by atoms with Crippen LogP contribution in [0, 0.1) is 0 Å². The van der Waals surface area contributed by atoms with Crippen LogP contribution in [0.15, 0.2) is 34.9 Å². The fourth-order valence-electron chi connectivity index (χ4n) is 1.40. The minimum absolute atomic E-state index is 0.672. The summed E-state index contributed by atoms with van der Waals surface area (Å²) in [5.41, 5.74) is 0.943. The topological polar surface area (TPSA) is 22.1 Å². The minimum atomic E-state index is 0.672. The van der Waals surface area contributed by atoms with Gasteiger partial charge in [0.25, 0.3) is 0 Å². The molecular formula is C11H10BrNO. The number of para-hydroxylation sites is 1. The highest BCUT2D eigenvalue weighted by Crippen LogP contribution is 2.28. The first kappa shape index (κ1) is 9.46. The SMILES string of the molecule is CCOc1ccnc2c(Br)cccc12. The Bertz CT molecular complexity index is 456. The van der Waals surface area contributed by atoms with Gasteiger partial charge in [-0.1, -0.05) is 6.07 Å². The van der Waals surface area contributed by atoms with E-state index in [1.54, 1.807) is 6.20 Å². The summed E-state index contributed by atoms with van der Waals surface area (Å²) in [4.78, 5) is 4.30. The van der Waals surface area contributed by atoms with E-state index < -0.39 is 0 Å². The van der Waals surface area contributed by atoms with Crippen molar-refractivity contribution in [1.29, 1.82) is 0 Å². The molecule has 72 valence electrons. The largest absolute Gasteiger partial charge is 0.493 e. The maximum atomic E-state index is 5.51. The van der Waals surface area contributed by atoms with Gasteiger partial charge in [-0.2, -0.15) is 0 Å². The van der Waals surface area contributed by atoms with Crippen molar-refractivity contribution in [2.24, 2.45) is 0 Å². The molecule has 1 heterocycles. The number of hydrogen-bond acceptors (Lipinski definition) is 2. The quantitative estimate of drug-likeness (QED) is 0.817. The van der Waals surface area contributed by atoms with Gasteiger partial charge < -0.3 is 4.74 Å². The van der Waals surface area contributed by atoms with Gasteiger partial charge in [0.05, 0.1) is 12.1 Å². The lowest BCUT2D eigenvalue weighted by Crippen LogP contribution is -1.93. The Morgan fingerprint density at radius 2 is 2.21 bits per heavy atom. The van der Waals surface area contributed by atoms with Crippen LogP contribution in [0.5, 0.6) is 5.75 Å². The molecule has 2 nitrogen and oxygen atoms in total. The molecule has 0 unspecified atom stereocenters. The van der Waals surface area contributed by atoms with Crippen LogP contribution < -0.4 is 4.74 Å². The van der Waals surface area contributed by atoms with Crippen LogP contribution in [0.1, 0.15) is 6.92 Å². The highest BCUT2D eigenvalue weighted by molar-refractivity contribution is 9.10. The summed E-state index contributed by atoms with van der Waals surface area (Å²) in [5.74, 6) is 0.888. The van der Waals surface area contributed by atoms with Crippen LogP contribution in [-0.4, -0.2) is 11.6 Å². The van der Waals surface area contributed by atoms with E-state index in [0.717, 1.165) is 21.1 Å². The molecule has 2 aromatic rings. The van der Waals surface area contributed by atoms with E-state index in [1.165, 1.54) is 0 Å². The number of ether oxygens (including phenoxy) is 1. The Labute approximate surface area is 91.0 Å². The molecule has 14 heavy (non-hydrogen) atoms. The summed E-state index contributed by atoms with van der Waals surface area (Å²) in [6.45, 7) is 2.65. The van der Waals surface area contributed by atoms with E-state index in [9.17, 15) is 0 Å². The lowest BCUT2D eigenvalue weighted by Gasteiger charge is -2.06. The molecule has 0 aliphatic heterocycles. The molecule has 0 aliphatic carbocycles. The van der Waals surface area contributed by atoms with Gasteiger partial charge in [-0.25, -0.2) is 0 Å². The van der Waals surface area contributed by atoms with E-state index in [-0.39, 0.29) is 0 Å². The van der Waals surface area contributed by atoms with E-state index >= 15 is 0 Å². The molecule has 0 bridgehead atoms. The smallest absolute Gasteiger partial charge is 0.130 e. The van der Waals surface area contributed by atoms with Crippen molar-refractivity contribution in [2.45, 2.75) is 6.92 Å². The zero-order valence-corrected chi connectivity index (χ0v) is 9.41. The number of halogens is 1. The average Bonchev–Trinajstić information content (AvgIpc) is 2.20. The third kappa shape index (κ3) is 1.60. The van der Waals surface area contributed by atoms with Crippen LogP contribution >= 0.6 is 15.9 Å². The van der Waals surface area contributed by atoms with Crippen molar-refractivity contribution >= 4 is 26.8 Å². The molecule has 0 amide bonds. The average molecular weight is 252 g/mol. The maximum Gasteiger partial charge on any atom is 0.130 e. The van der Waals surface area contributed by atoms with E-state index in [0.29, 0.717) is 6.61 Å². The van der Waals surface area contributed by atoms with Crippen LogP contribution in [-0.2, 0) is 0 Å². The van der Waals surface area contributed by atoms with Crippen molar-refractivity contribution in [3.05, 3.63) is 34.9 Å². The lowest BCUT2D eigenvalue weighted by molar-refractivity contribution is 0.344. The molecule has 1 aromatic carbocycles. The fourth-order valence-corrected chi connectivity index (χ4v) is 1.86. The van der Waals surface area contributed by atoms with Gasteiger partial charge in [-0.05, 0) is 41.1 Å². The molecule has 0 N–H and O–H groups in total. The molecule has 0 saturated carbocycles. The summed E-state index contributed by atoms with van der Waals surface area (Å²) < 4.78 is 6.51. The van der Waals surface area contributed by atoms with Crippen molar-refractivity contribution in [2.75, 3.05) is 6.61 Å². The van der Waals surface area contributed by atoms with E-state index in [4.69, 9.17) is 4.74 Å². The maximum absolute atomic E-state index is 5.51. The Kier molecular flexibility index (Phi) is 2.68. The molecule has 1 aromatic heterocycles. The van der Waals surface area contributed by atoms with Gasteiger partial charge in [-0.3, -0.25) is 4.98 Å². The molecule has 2 rings (SSSR count). The first-order valence-electron chi connectivity index (χ1n) is 4.49. The lowest BCUT2D eigenvalue weighted by atomic mass is 10.2. The van der Waals surface area contributed by atoms with Crippen molar-refractivity contribution in [3.8, 4) is 5.75 Å². The molecule has 0 fully saturated rings. The highest BCUT2D eigenvalue weighted by atomic mass is 79.9. The van der Waals surface area contributed by atoms with Crippen LogP contribution in [0.2, 0.25) is 0 Å². The Hall–Kier alpha value is -1.09. The molecule has 3 heteroatoms. The second-order valence-electron chi connectivity index (χ2n) is 2.88. The second kappa shape index (κ2) is 3.96. The zero-order chi connectivity index (χ0) is 9.97. The molecule has 0 aliphatic rings. The van der Waals surface area contributed by atoms with E-state index in [2.05, 4.69) is 20.9 Å². The van der Waals surface area contributed by atoms with Crippen LogP contribution in [0.25, 0.3) is 10.9 Å². The third-order valence-corrected chi connectivity index (χ3v) is 2.62. The number of aromatic nitrogens is 1. The number of hydrogen-bond donors (Lipinski definition) is 0. The molecule has 0 radical (unpaired) electrons. The first-order chi connectivity index (χ1) is 6.83. The van der Waals surface area contributed by atoms with Gasteiger partial charge in [0.15, 0.2) is 0 Å². The number of benzene rings is 1. The minimum Gasteiger partial charge on any atom is -0.493 e. The second-order valence-corrected chi connectivity index (χ2v) is 3.73. The Balaban J connectivity index is 2.68. The Morgan fingerprint density at radius 3 is 3.00 bits per heavy atom. The van der Waals surface area contributed by atoms with Crippen LogP contribution in [0.4, 0.5) is 0 Å². The predicted molar refractivity (Wildman–Crippen MR) is 60.6 cm³/mol. The van der Waals surface area contributed by atoms with Gasteiger partial charge in [0.1, 0.15) is 5.75 Å². The first-order valence-corrected chi connectivity index (χ1v) is 5.28. The molecule has 0 spiro atoms. The summed E-state index contributed by atoms with van der Waals surface area (Å²) in [6.07, 6.45) is 1.76. The number of pyridine rings is 1. The van der Waals surface area contributed by atoms with Crippen LogP contribution in [0.3, 0.4) is 0 Å². The predicted octanol–water partition coefficient (Wildman–Crippen LogP) is 3.40. The molecule has 0 atom stereocenters. The number of nitrogens with zero attached hydrogens (tertiary/aromatic N) is 1. The summed E-state index contributed by atoms with van der Waals surface area (Å²) >= 11 is 3.46. The number of fused-ring (bicyclic) bond motifs is 1. The van der Waals surface area contributed by atoms with Crippen molar-refractivity contribution in [3.63, 3.8) is 0 Å². The van der Waals surface area contributed by atoms with Gasteiger partial charge in [-0.15, -0.1) is 0 Å². The standard InChI is InChI=1S/C11H10BrNO/c1-2-14-10-6-7-13-11-8(10)4-3-5-9(11)12/h3-7H,2H2,1H3. The van der Waals surface area contributed by atoms with Gasteiger partial charge >= 0.3 is 0 Å². The molecular weight excluding hydrogens is 242 g/mol. The van der Waals surface area contributed by atoms with Crippen molar-refractivity contribution < 1.29 is 4.74 Å². The summed E-state index contributed by atoms with van der Waals surface area (Å²) in [7, 11) is 0. The molecule has 0 saturated heterocycles.